The van der Waals surface area contributed by atoms with Crippen molar-refractivity contribution in [2.24, 2.45) is 0 Å². The highest BCUT2D eigenvalue weighted by Gasteiger charge is 2.23. The third kappa shape index (κ3) is 1.25. The molecule has 1 aliphatic heterocycles. The molecule has 1 aromatic rings. The first kappa shape index (κ1) is 8.74. The van der Waals surface area contributed by atoms with Crippen molar-refractivity contribution in [1.82, 2.24) is 4.98 Å². The Kier molecular flexibility index (Phi) is 2.29. The lowest BCUT2D eigenvalue weighted by atomic mass is 10.1. The maximum Gasteiger partial charge on any atom is 0.0593 e. The van der Waals surface area contributed by atoms with Crippen molar-refractivity contribution in [3.8, 4) is 0 Å². The molecule has 0 amide bonds. The number of anilines is 1. The van der Waals surface area contributed by atoms with Crippen molar-refractivity contribution in [2.45, 2.75) is 10.8 Å². The van der Waals surface area contributed by atoms with Crippen LogP contribution in [0.1, 0.15) is 15.2 Å². The quantitative estimate of drug-likeness (QED) is 0.581. The standard InChI is InChI=1S/C8H8BrIN2/c1-4-7-6(10)3-12-8(7)5(9)2-11-4/h2,6,12H,3H2,1H3. The monoisotopic (exact) mass is 338 g/mol. The maximum atomic E-state index is 4.31. The Bertz CT molecular complexity index is 327. The lowest BCUT2D eigenvalue weighted by Gasteiger charge is -2.05. The Morgan fingerprint density at radius 2 is 2.50 bits per heavy atom. The Hall–Kier alpha value is 0.160. The highest BCUT2D eigenvalue weighted by Crippen LogP contribution is 2.41. The zero-order chi connectivity index (χ0) is 8.72. The summed E-state index contributed by atoms with van der Waals surface area (Å²) in [4.78, 5) is 4.31. The van der Waals surface area contributed by atoms with E-state index < -0.39 is 0 Å². The van der Waals surface area contributed by atoms with Crippen LogP contribution in [0.15, 0.2) is 10.7 Å². The molecule has 0 aromatic carbocycles. The predicted molar refractivity (Wildman–Crippen MR) is 61.9 cm³/mol. The van der Waals surface area contributed by atoms with Crippen molar-refractivity contribution >= 4 is 44.2 Å². The molecule has 0 fully saturated rings. The lowest BCUT2D eigenvalue weighted by Crippen LogP contribution is -1.93. The second-order valence-corrected chi connectivity index (χ2v) is 5.19. The molecule has 4 heteroatoms. The molecule has 1 aromatic heterocycles. The van der Waals surface area contributed by atoms with Gasteiger partial charge >= 0.3 is 0 Å². The van der Waals surface area contributed by atoms with Crippen molar-refractivity contribution < 1.29 is 0 Å². The van der Waals surface area contributed by atoms with Crippen LogP contribution in [0.2, 0.25) is 0 Å². The van der Waals surface area contributed by atoms with Gasteiger partial charge in [-0.25, -0.2) is 0 Å². The number of hydrogen-bond donors (Lipinski definition) is 1. The molecule has 1 unspecified atom stereocenters. The van der Waals surface area contributed by atoms with Crippen LogP contribution >= 0.6 is 38.5 Å². The fourth-order valence-corrected chi connectivity index (χ4v) is 2.89. The first-order chi connectivity index (χ1) is 5.70. The lowest BCUT2D eigenvalue weighted by molar-refractivity contribution is 1.06. The number of fused-ring (bicyclic) bond motifs is 1. The molecule has 0 spiro atoms. The number of rotatable bonds is 0. The molecule has 0 radical (unpaired) electrons. The van der Waals surface area contributed by atoms with E-state index in [1.807, 2.05) is 6.20 Å². The Morgan fingerprint density at radius 1 is 1.75 bits per heavy atom. The molecule has 2 nitrogen and oxygen atoms in total. The number of nitrogens with zero attached hydrogens (tertiary/aromatic N) is 1. The molecular weight excluding hydrogens is 331 g/mol. The number of halogens is 2. The molecule has 12 heavy (non-hydrogen) atoms. The van der Waals surface area contributed by atoms with Gasteiger partial charge in [0, 0.05) is 24.0 Å². The van der Waals surface area contributed by atoms with E-state index in [-0.39, 0.29) is 0 Å². The van der Waals surface area contributed by atoms with Gasteiger partial charge < -0.3 is 5.32 Å². The molecule has 64 valence electrons. The van der Waals surface area contributed by atoms with Crippen molar-refractivity contribution in [1.29, 1.82) is 0 Å². The van der Waals surface area contributed by atoms with Crippen LogP contribution in [-0.4, -0.2) is 11.5 Å². The summed E-state index contributed by atoms with van der Waals surface area (Å²) in [7, 11) is 0. The Balaban J connectivity index is 2.64. The number of aryl methyl sites for hydroxylation is 1. The molecule has 1 N–H and O–H groups in total. The second-order valence-electron chi connectivity index (χ2n) is 2.83. The number of pyridine rings is 1. The largest absolute Gasteiger partial charge is 0.382 e. The summed E-state index contributed by atoms with van der Waals surface area (Å²) in [5.74, 6) is 0. The van der Waals surface area contributed by atoms with Gasteiger partial charge in [0.2, 0.25) is 0 Å². The third-order valence-corrected chi connectivity index (χ3v) is 3.71. The van der Waals surface area contributed by atoms with E-state index in [9.17, 15) is 0 Å². The van der Waals surface area contributed by atoms with Gasteiger partial charge in [-0.1, -0.05) is 22.6 Å². The summed E-state index contributed by atoms with van der Waals surface area (Å²) in [5, 5.41) is 3.36. The fraction of sp³-hybridized carbons (Fsp3) is 0.375. The maximum absolute atomic E-state index is 4.31. The first-order valence-corrected chi connectivity index (χ1v) is 5.77. The summed E-state index contributed by atoms with van der Waals surface area (Å²) < 4.78 is 1.63. The van der Waals surface area contributed by atoms with Crippen LogP contribution in [0.5, 0.6) is 0 Å². The average Bonchev–Trinajstić information content (AvgIpc) is 2.42. The summed E-state index contributed by atoms with van der Waals surface area (Å²) in [6, 6.07) is 0. The van der Waals surface area contributed by atoms with Gasteiger partial charge in [0.05, 0.1) is 14.1 Å². The van der Waals surface area contributed by atoms with Gasteiger partial charge in [-0.3, -0.25) is 4.98 Å². The molecule has 1 atom stereocenters. The minimum atomic E-state index is 0.558. The van der Waals surface area contributed by atoms with Crippen LogP contribution in [0, 0.1) is 6.92 Å². The summed E-state index contributed by atoms with van der Waals surface area (Å²) in [6.07, 6.45) is 1.86. The molecular formula is C8H8BrIN2. The van der Waals surface area contributed by atoms with Crippen LogP contribution < -0.4 is 5.32 Å². The second kappa shape index (κ2) is 3.14. The zero-order valence-electron chi connectivity index (χ0n) is 6.56. The molecule has 0 saturated heterocycles. The average molecular weight is 339 g/mol. The highest BCUT2D eigenvalue weighted by atomic mass is 127. The van der Waals surface area contributed by atoms with Gasteiger partial charge in [-0.05, 0) is 22.9 Å². The molecule has 0 aliphatic carbocycles. The van der Waals surface area contributed by atoms with Crippen LogP contribution in [0.3, 0.4) is 0 Å². The number of aromatic nitrogens is 1. The molecule has 2 heterocycles. The molecule has 0 bridgehead atoms. The summed E-state index contributed by atoms with van der Waals surface area (Å²) in [6.45, 7) is 3.07. The molecule has 1 aliphatic rings. The van der Waals surface area contributed by atoms with Crippen molar-refractivity contribution in [3.63, 3.8) is 0 Å². The van der Waals surface area contributed by atoms with Crippen molar-refractivity contribution in [2.75, 3.05) is 11.9 Å². The smallest absolute Gasteiger partial charge is 0.0593 e. The van der Waals surface area contributed by atoms with E-state index in [2.05, 4.69) is 55.7 Å². The van der Waals surface area contributed by atoms with E-state index >= 15 is 0 Å². The highest BCUT2D eigenvalue weighted by molar-refractivity contribution is 14.1. The van der Waals surface area contributed by atoms with E-state index in [4.69, 9.17) is 0 Å². The minimum Gasteiger partial charge on any atom is -0.382 e. The Labute approximate surface area is 93.4 Å². The molecule has 2 rings (SSSR count). The normalized spacial score (nSPS) is 20.4. The van der Waals surface area contributed by atoms with Crippen molar-refractivity contribution in [3.05, 3.63) is 21.9 Å². The number of nitrogens with one attached hydrogen (secondary N) is 1. The Morgan fingerprint density at radius 3 is 3.17 bits per heavy atom. The van der Waals surface area contributed by atoms with Crippen LogP contribution in [-0.2, 0) is 0 Å². The van der Waals surface area contributed by atoms with Crippen LogP contribution in [0.4, 0.5) is 5.69 Å². The van der Waals surface area contributed by atoms with Gasteiger partial charge in [-0.15, -0.1) is 0 Å². The van der Waals surface area contributed by atoms with Gasteiger partial charge in [0.15, 0.2) is 0 Å². The summed E-state index contributed by atoms with van der Waals surface area (Å²) >= 11 is 5.92. The molecule has 0 saturated carbocycles. The number of hydrogen-bond acceptors (Lipinski definition) is 2. The SMILES string of the molecule is Cc1ncc(Br)c2c1C(I)CN2. The van der Waals surface area contributed by atoms with E-state index in [1.54, 1.807) is 0 Å². The topological polar surface area (TPSA) is 24.9 Å². The number of alkyl halides is 1. The third-order valence-electron chi connectivity index (χ3n) is 2.04. The summed E-state index contributed by atoms with van der Waals surface area (Å²) in [5.41, 5.74) is 3.71. The van der Waals surface area contributed by atoms with E-state index in [0.29, 0.717) is 3.92 Å². The van der Waals surface area contributed by atoms with Gasteiger partial charge in [0.25, 0.3) is 0 Å². The first-order valence-electron chi connectivity index (χ1n) is 3.73. The fourth-order valence-electron chi connectivity index (χ4n) is 1.45. The van der Waals surface area contributed by atoms with E-state index in [0.717, 1.165) is 16.7 Å². The zero-order valence-corrected chi connectivity index (χ0v) is 10.3. The van der Waals surface area contributed by atoms with Gasteiger partial charge in [-0.2, -0.15) is 0 Å². The predicted octanol–water partition coefficient (Wildman–Crippen LogP) is 3.05. The minimum absolute atomic E-state index is 0.558. The van der Waals surface area contributed by atoms with Gasteiger partial charge in [0.1, 0.15) is 0 Å². The van der Waals surface area contributed by atoms with E-state index in [1.165, 1.54) is 11.3 Å². The van der Waals surface area contributed by atoms with Crippen LogP contribution in [0.25, 0.3) is 0 Å².